The molecule has 0 unspecified atom stereocenters. The average Bonchev–Trinajstić information content (AvgIpc) is 3.24. The number of ketones is 1. The van der Waals surface area contributed by atoms with Crippen LogP contribution in [0.4, 0.5) is 0 Å². The number of fused-ring (bicyclic) bond motifs is 2. The molecule has 3 aliphatic rings. The Kier molecular flexibility index (Phi) is 7.43. The summed E-state index contributed by atoms with van der Waals surface area (Å²) in [6.07, 6.45) is 1.63. The molecule has 1 aromatic carbocycles. The van der Waals surface area contributed by atoms with Gasteiger partial charge in [0.05, 0.1) is 11.5 Å². The van der Waals surface area contributed by atoms with Gasteiger partial charge in [-0.2, -0.15) is 0 Å². The SMILES string of the molecule is C=C1CC[C@H]2[C@H](/C=C(\C)C(=O)[C@@]3(OC(C)=O)C[C@H](C)[C@H](OC(=O)c4ccccc4)[C@@H]3[C@H]1OC(C)=O)C2(C)C. The zero-order valence-corrected chi connectivity index (χ0v) is 23.1. The van der Waals surface area contributed by atoms with Crippen LogP contribution in [0, 0.1) is 29.1 Å². The summed E-state index contributed by atoms with van der Waals surface area (Å²) in [4.78, 5) is 52.4. The van der Waals surface area contributed by atoms with Crippen molar-refractivity contribution in [1.29, 1.82) is 0 Å². The molecule has 0 N–H and O–H groups in total. The zero-order valence-electron chi connectivity index (χ0n) is 23.1. The van der Waals surface area contributed by atoms with Crippen LogP contribution in [0.15, 0.2) is 54.1 Å². The van der Waals surface area contributed by atoms with Crippen LogP contribution in [0.5, 0.6) is 0 Å². The maximum Gasteiger partial charge on any atom is 0.338 e. The number of carbonyl (C=O) groups excluding carboxylic acids is 4. The third-order valence-corrected chi connectivity index (χ3v) is 8.77. The lowest BCUT2D eigenvalue weighted by atomic mass is 9.76. The van der Waals surface area contributed by atoms with E-state index in [1.165, 1.54) is 13.8 Å². The minimum atomic E-state index is -1.69. The number of carbonyl (C=O) groups is 4. The first-order valence-corrected chi connectivity index (χ1v) is 13.3. The van der Waals surface area contributed by atoms with E-state index in [0.717, 1.165) is 6.42 Å². The van der Waals surface area contributed by atoms with Gasteiger partial charge in [0.15, 0.2) is 5.60 Å². The molecule has 2 saturated carbocycles. The van der Waals surface area contributed by atoms with Crippen molar-refractivity contribution in [3.63, 3.8) is 0 Å². The van der Waals surface area contributed by atoms with Gasteiger partial charge in [-0.15, -0.1) is 0 Å². The van der Waals surface area contributed by atoms with Gasteiger partial charge < -0.3 is 14.2 Å². The van der Waals surface area contributed by atoms with Gasteiger partial charge in [-0.25, -0.2) is 4.79 Å². The number of ether oxygens (including phenoxy) is 3. The van der Waals surface area contributed by atoms with E-state index in [-0.39, 0.29) is 29.5 Å². The van der Waals surface area contributed by atoms with Gasteiger partial charge in [0.25, 0.3) is 0 Å². The highest BCUT2D eigenvalue weighted by Crippen LogP contribution is 2.62. The number of hydrogen-bond acceptors (Lipinski definition) is 7. The van der Waals surface area contributed by atoms with Gasteiger partial charge in [0.1, 0.15) is 12.2 Å². The molecule has 3 aliphatic carbocycles. The van der Waals surface area contributed by atoms with Crippen LogP contribution in [0.2, 0.25) is 0 Å². The van der Waals surface area contributed by atoms with Crippen LogP contribution in [0.1, 0.15) is 71.2 Å². The van der Waals surface area contributed by atoms with E-state index in [4.69, 9.17) is 14.2 Å². The van der Waals surface area contributed by atoms with Crippen molar-refractivity contribution in [1.82, 2.24) is 0 Å². The lowest BCUT2D eigenvalue weighted by Crippen LogP contribution is -2.55. The lowest BCUT2D eigenvalue weighted by Gasteiger charge is -2.39. The number of esters is 3. The van der Waals surface area contributed by atoms with E-state index in [2.05, 4.69) is 20.4 Å². The predicted molar refractivity (Wildman–Crippen MR) is 141 cm³/mol. The van der Waals surface area contributed by atoms with Crippen molar-refractivity contribution < 1.29 is 33.4 Å². The number of Topliss-reactive ketones (excluding diaryl/α,β-unsaturated/α-hetero) is 1. The molecule has 0 spiro atoms. The fourth-order valence-electron chi connectivity index (χ4n) is 6.80. The minimum Gasteiger partial charge on any atom is -0.458 e. The topological polar surface area (TPSA) is 96.0 Å². The van der Waals surface area contributed by atoms with E-state index in [1.807, 2.05) is 13.0 Å². The summed E-state index contributed by atoms with van der Waals surface area (Å²) in [5, 5.41) is 0. The molecule has 0 saturated heterocycles. The van der Waals surface area contributed by atoms with Crippen molar-refractivity contribution in [2.24, 2.45) is 29.1 Å². The number of allylic oxidation sites excluding steroid dienone is 1. The maximum absolute atomic E-state index is 14.3. The van der Waals surface area contributed by atoms with Crippen molar-refractivity contribution >= 4 is 23.7 Å². The van der Waals surface area contributed by atoms with E-state index in [1.54, 1.807) is 37.3 Å². The molecule has 204 valence electrons. The van der Waals surface area contributed by atoms with Crippen molar-refractivity contribution in [3.05, 3.63) is 59.7 Å². The third kappa shape index (κ3) is 4.95. The molecule has 0 heterocycles. The van der Waals surface area contributed by atoms with Gasteiger partial charge in [-0.3, -0.25) is 14.4 Å². The Labute approximate surface area is 224 Å². The molecular formula is C31H38O7. The van der Waals surface area contributed by atoms with E-state index >= 15 is 0 Å². The Hall–Kier alpha value is -3.22. The number of rotatable bonds is 4. The largest absolute Gasteiger partial charge is 0.458 e. The number of benzene rings is 1. The van der Waals surface area contributed by atoms with Crippen LogP contribution in [-0.2, 0) is 28.6 Å². The second-order valence-corrected chi connectivity index (χ2v) is 11.8. The third-order valence-electron chi connectivity index (χ3n) is 8.77. The highest BCUT2D eigenvalue weighted by atomic mass is 16.6. The van der Waals surface area contributed by atoms with Crippen molar-refractivity contribution in [2.75, 3.05) is 0 Å². The van der Waals surface area contributed by atoms with Gasteiger partial charge in [0.2, 0.25) is 5.78 Å². The Balaban J connectivity index is 1.87. The van der Waals surface area contributed by atoms with Crippen molar-refractivity contribution in [3.8, 4) is 0 Å². The molecular weight excluding hydrogens is 484 g/mol. The van der Waals surface area contributed by atoms with E-state index in [0.29, 0.717) is 29.0 Å². The molecule has 0 aliphatic heterocycles. The van der Waals surface area contributed by atoms with E-state index in [9.17, 15) is 19.2 Å². The van der Waals surface area contributed by atoms with Gasteiger partial charge in [-0.1, -0.05) is 51.6 Å². The highest BCUT2D eigenvalue weighted by molar-refractivity contribution is 6.03. The normalized spacial score (nSPS) is 35.5. The molecule has 7 atom stereocenters. The average molecular weight is 523 g/mol. The second kappa shape index (κ2) is 10.2. The van der Waals surface area contributed by atoms with E-state index < -0.39 is 41.6 Å². The molecule has 2 fully saturated rings. The molecule has 7 nitrogen and oxygen atoms in total. The van der Waals surface area contributed by atoms with Crippen LogP contribution in [0.25, 0.3) is 0 Å². The lowest BCUT2D eigenvalue weighted by molar-refractivity contribution is -0.179. The summed E-state index contributed by atoms with van der Waals surface area (Å²) in [6.45, 7) is 14.8. The first kappa shape index (κ1) is 27.8. The standard InChI is InChI=1S/C31H38O7/c1-17-13-14-23-24(30(23,6)7)15-18(2)28(34)31(38-21(5)33)16-19(3)27(25(31)26(17)36-20(4)32)37-29(35)22-11-9-8-10-12-22/h8-12,15,19,23-27H,1,13-14,16H2,2-7H3/b18-15+/t19-,23-,24-,25-,26-,27-,31+/m0/s1. The molecule has 0 radical (unpaired) electrons. The first-order valence-electron chi connectivity index (χ1n) is 13.3. The summed E-state index contributed by atoms with van der Waals surface area (Å²) in [5.74, 6) is -2.89. The number of hydrogen-bond donors (Lipinski definition) is 0. The first-order chi connectivity index (χ1) is 17.8. The monoisotopic (exact) mass is 522 g/mol. The fraction of sp³-hybridized carbons (Fsp3) is 0.548. The zero-order chi connectivity index (χ0) is 28.0. The molecule has 7 heteroatoms. The van der Waals surface area contributed by atoms with Crippen LogP contribution in [0.3, 0.4) is 0 Å². The van der Waals surface area contributed by atoms with Gasteiger partial charge >= 0.3 is 17.9 Å². The molecule has 0 amide bonds. The van der Waals surface area contributed by atoms with Crippen molar-refractivity contribution in [2.45, 2.75) is 78.6 Å². The molecule has 0 aromatic heterocycles. The predicted octanol–water partition coefficient (Wildman–Crippen LogP) is 5.24. The molecule has 1 aromatic rings. The Morgan fingerprint density at radius 2 is 1.68 bits per heavy atom. The smallest absolute Gasteiger partial charge is 0.338 e. The summed E-state index contributed by atoms with van der Waals surface area (Å²) in [7, 11) is 0. The fourth-order valence-corrected chi connectivity index (χ4v) is 6.80. The molecule has 0 bridgehead atoms. The quantitative estimate of drug-likeness (QED) is 0.303. The molecule has 38 heavy (non-hydrogen) atoms. The Bertz CT molecular complexity index is 1180. The molecule has 4 rings (SSSR count). The summed E-state index contributed by atoms with van der Waals surface area (Å²) in [6, 6.07) is 8.56. The Morgan fingerprint density at radius 1 is 1.03 bits per heavy atom. The minimum absolute atomic E-state index is 0.0165. The van der Waals surface area contributed by atoms with Crippen LogP contribution >= 0.6 is 0 Å². The summed E-state index contributed by atoms with van der Waals surface area (Å²) >= 11 is 0. The second-order valence-electron chi connectivity index (χ2n) is 11.8. The highest BCUT2D eigenvalue weighted by Gasteiger charge is 2.65. The van der Waals surface area contributed by atoms with Gasteiger partial charge in [0, 0.05) is 20.3 Å². The Morgan fingerprint density at radius 3 is 2.29 bits per heavy atom. The van der Waals surface area contributed by atoms with Crippen LogP contribution in [-0.4, -0.2) is 41.5 Å². The maximum atomic E-state index is 14.3. The summed E-state index contributed by atoms with van der Waals surface area (Å²) in [5.41, 5.74) is -0.203. The van der Waals surface area contributed by atoms with Crippen LogP contribution < -0.4 is 0 Å². The van der Waals surface area contributed by atoms with Gasteiger partial charge in [-0.05, 0) is 66.2 Å². The summed E-state index contributed by atoms with van der Waals surface area (Å²) < 4.78 is 17.9.